The van der Waals surface area contributed by atoms with Crippen molar-refractivity contribution >= 4 is 11.9 Å². The van der Waals surface area contributed by atoms with Gasteiger partial charge in [-0.25, -0.2) is 0 Å². The molecule has 5 nitrogen and oxygen atoms in total. The van der Waals surface area contributed by atoms with Crippen LogP contribution in [-0.2, 0) is 19.1 Å². The van der Waals surface area contributed by atoms with Crippen LogP contribution in [0.2, 0.25) is 0 Å². The van der Waals surface area contributed by atoms with Crippen molar-refractivity contribution in [1.29, 1.82) is 0 Å². The minimum atomic E-state index is -0.770. The van der Waals surface area contributed by atoms with Crippen molar-refractivity contribution in [3.05, 3.63) is 12.2 Å². The topological polar surface area (TPSA) is 72.8 Å². The van der Waals surface area contributed by atoms with Crippen LogP contribution >= 0.6 is 0 Å². The first-order valence-corrected chi connectivity index (χ1v) is 25.7. The van der Waals surface area contributed by atoms with Crippen LogP contribution in [-0.4, -0.2) is 36.4 Å². The molecule has 1 unspecified atom stereocenters. The first-order chi connectivity index (χ1) is 28.1. The van der Waals surface area contributed by atoms with Gasteiger partial charge in [0.15, 0.2) is 6.10 Å². The summed E-state index contributed by atoms with van der Waals surface area (Å²) in [6.07, 6.45) is 58.9. The van der Waals surface area contributed by atoms with Crippen LogP contribution in [0.1, 0.15) is 290 Å². The van der Waals surface area contributed by atoms with E-state index >= 15 is 0 Å². The Kier molecular flexibility index (Phi) is 47.8. The number of rotatable bonds is 48. The Morgan fingerprint density at radius 1 is 0.386 bits per heavy atom. The third-order valence-corrected chi connectivity index (χ3v) is 11.8. The number of aliphatic hydroxyl groups excluding tert-OH is 1. The molecule has 0 aliphatic rings. The zero-order chi connectivity index (χ0) is 41.4. The van der Waals surface area contributed by atoms with E-state index in [1.807, 2.05) is 0 Å². The Morgan fingerprint density at radius 2 is 0.649 bits per heavy atom. The Hall–Kier alpha value is -1.36. The van der Waals surface area contributed by atoms with Gasteiger partial charge in [-0.1, -0.05) is 251 Å². The van der Waals surface area contributed by atoms with Crippen molar-refractivity contribution in [3.63, 3.8) is 0 Å². The third kappa shape index (κ3) is 47.2. The normalized spacial score (nSPS) is 12.1. The largest absolute Gasteiger partial charge is 0.462 e. The first-order valence-electron chi connectivity index (χ1n) is 25.7. The SMILES string of the molecule is CCCCCCCCC/C=C\CCCCCCCC(=O)OC(CO)COC(=O)CCCCCCCCCCCCCCCCCCCCCCCCCCCCC. The summed E-state index contributed by atoms with van der Waals surface area (Å²) in [5, 5.41) is 9.61. The molecule has 57 heavy (non-hydrogen) atoms. The monoisotopic (exact) mass is 805 g/mol. The van der Waals surface area contributed by atoms with Gasteiger partial charge in [0, 0.05) is 12.8 Å². The van der Waals surface area contributed by atoms with Crippen LogP contribution in [0.15, 0.2) is 12.2 Å². The molecular formula is C52H100O5. The molecule has 0 spiro atoms. The van der Waals surface area contributed by atoms with Gasteiger partial charge in [-0.3, -0.25) is 9.59 Å². The molecule has 0 heterocycles. The van der Waals surface area contributed by atoms with Gasteiger partial charge in [-0.15, -0.1) is 0 Å². The lowest BCUT2D eigenvalue weighted by Crippen LogP contribution is -2.28. The summed E-state index contributed by atoms with van der Waals surface area (Å²) in [6.45, 7) is 4.17. The van der Waals surface area contributed by atoms with E-state index in [2.05, 4.69) is 26.0 Å². The van der Waals surface area contributed by atoms with E-state index in [1.165, 1.54) is 225 Å². The van der Waals surface area contributed by atoms with Crippen LogP contribution in [0, 0.1) is 0 Å². The van der Waals surface area contributed by atoms with Crippen molar-refractivity contribution in [2.75, 3.05) is 13.2 Å². The van der Waals surface area contributed by atoms with Crippen molar-refractivity contribution < 1.29 is 24.2 Å². The molecule has 0 aliphatic heterocycles. The minimum Gasteiger partial charge on any atom is -0.462 e. The van der Waals surface area contributed by atoms with E-state index in [1.54, 1.807) is 0 Å². The molecule has 0 aromatic heterocycles. The lowest BCUT2D eigenvalue weighted by molar-refractivity contribution is -0.161. The molecule has 0 radical (unpaired) electrons. The summed E-state index contributed by atoms with van der Waals surface area (Å²) in [7, 11) is 0. The van der Waals surface area contributed by atoms with Gasteiger partial charge >= 0.3 is 11.9 Å². The Bertz CT molecular complexity index is 825. The van der Waals surface area contributed by atoms with Crippen LogP contribution in [0.4, 0.5) is 0 Å². The molecule has 338 valence electrons. The summed E-state index contributed by atoms with van der Waals surface area (Å²) in [6, 6.07) is 0. The van der Waals surface area contributed by atoms with Crippen molar-refractivity contribution in [2.24, 2.45) is 0 Å². The maximum absolute atomic E-state index is 12.2. The number of hydrogen-bond acceptors (Lipinski definition) is 5. The van der Waals surface area contributed by atoms with Crippen molar-refractivity contribution in [1.82, 2.24) is 0 Å². The van der Waals surface area contributed by atoms with Crippen LogP contribution in [0.5, 0.6) is 0 Å². The predicted octanol–water partition coefficient (Wildman–Crippen LogP) is 16.8. The fourth-order valence-electron chi connectivity index (χ4n) is 7.91. The molecule has 0 aromatic rings. The highest BCUT2D eigenvalue weighted by atomic mass is 16.6. The molecule has 0 saturated heterocycles. The van der Waals surface area contributed by atoms with E-state index in [4.69, 9.17) is 9.47 Å². The molecule has 0 saturated carbocycles. The van der Waals surface area contributed by atoms with Crippen molar-refractivity contribution in [3.8, 4) is 0 Å². The molecule has 0 aromatic carbocycles. The van der Waals surface area contributed by atoms with Gasteiger partial charge in [0.05, 0.1) is 6.61 Å². The van der Waals surface area contributed by atoms with E-state index in [-0.39, 0.29) is 25.2 Å². The Labute approximate surface area is 356 Å². The molecule has 1 atom stereocenters. The summed E-state index contributed by atoms with van der Waals surface area (Å²) in [5.41, 5.74) is 0. The zero-order valence-electron chi connectivity index (χ0n) is 38.6. The highest BCUT2D eigenvalue weighted by Gasteiger charge is 2.16. The maximum atomic E-state index is 12.2. The van der Waals surface area contributed by atoms with Gasteiger partial charge in [0.1, 0.15) is 6.61 Å². The number of carbonyl (C=O) groups excluding carboxylic acids is 2. The highest BCUT2D eigenvalue weighted by Crippen LogP contribution is 2.17. The average molecular weight is 805 g/mol. The van der Waals surface area contributed by atoms with Crippen LogP contribution < -0.4 is 0 Å². The number of allylic oxidation sites excluding steroid dienone is 2. The average Bonchev–Trinajstić information content (AvgIpc) is 3.21. The van der Waals surface area contributed by atoms with Gasteiger partial charge < -0.3 is 14.6 Å². The van der Waals surface area contributed by atoms with Gasteiger partial charge in [-0.2, -0.15) is 0 Å². The molecular weight excluding hydrogens is 705 g/mol. The standard InChI is InChI=1S/C52H100O5/c1-3-5-7-9-11-13-15-17-19-21-22-23-24-25-26-27-28-29-30-31-33-34-36-38-40-42-44-46-51(54)56-49-50(48-53)57-52(55)47-45-43-41-39-37-35-32-20-18-16-14-12-10-8-6-4-2/h20,32,50,53H,3-19,21-31,33-49H2,1-2H3/b32-20-. The van der Waals surface area contributed by atoms with Gasteiger partial charge in [0.25, 0.3) is 0 Å². The zero-order valence-corrected chi connectivity index (χ0v) is 38.6. The number of hydrogen-bond donors (Lipinski definition) is 1. The number of ether oxygens (including phenoxy) is 2. The van der Waals surface area contributed by atoms with Crippen LogP contribution in [0.25, 0.3) is 0 Å². The van der Waals surface area contributed by atoms with E-state index in [0.717, 1.165) is 38.5 Å². The fourth-order valence-corrected chi connectivity index (χ4v) is 7.91. The Balaban J connectivity index is 3.42. The minimum absolute atomic E-state index is 0.0624. The van der Waals surface area contributed by atoms with E-state index in [9.17, 15) is 14.7 Å². The quantitative estimate of drug-likeness (QED) is 0.0377. The lowest BCUT2D eigenvalue weighted by atomic mass is 10.0. The number of carbonyl (C=O) groups is 2. The second kappa shape index (κ2) is 49.0. The summed E-state index contributed by atoms with van der Waals surface area (Å²) in [5.74, 6) is -0.583. The lowest BCUT2D eigenvalue weighted by Gasteiger charge is -2.15. The van der Waals surface area contributed by atoms with Crippen molar-refractivity contribution in [2.45, 2.75) is 296 Å². The third-order valence-electron chi connectivity index (χ3n) is 11.8. The first kappa shape index (κ1) is 55.6. The summed E-state index contributed by atoms with van der Waals surface area (Å²) in [4.78, 5) is 24.4. The fraction of sp³-hybridized carbons (Fsp3) is 0.923. The second-order valence-electron chi connectivity index (χ2n) is 17.6. The van der Waals surface area contributed by atoms with Gasteiger partial charge in [-0.05, 0) is 38.5 Å². The highest BCUT2D eigenvalue weighted by molar-refractivity contribution is 5.70. The number of unbranched alkanes of at least 4 members (excludes halogenated alkanes) is 38. The molecule has 0 rings (SSSR count). The molecule has 0 aliphatic carbocycles. The maximum Gasteiger partial charge on any atom is 0.306 e. The second-order valence-corrected chi connectivity index (χ2v) is 17.6. The Morgan fingerprint density at radius 3 is 0.947 bits per heavy atom. The predicted molar refractivity (Wildman–Crippen MR) is 247 cm³/mol. The van der Waals surface area contributed by atoms with Crippen LogP contribution in [0.3, 0.4) is 0 Å². The van der Waals surface area contributed by atoms with Gasteiger partial charge in [0.2, 0.25) is 0 Å². The summed E-state index contributed by atoms with van der Waals surface area (Å²) >= 11 is 0. The molecule has 0 bridgehead atoms. The molecule has 1 N–H and O–H groups in total. The molecule has 0 fully saturated rings. The molecule has 5 heteroatoms. The van der Waals surface area contributed by atoms with E-state index < -0.39 is 6.10 Å². The molecule has 0 amide bonds. The van der Waals surface area contributed by atoms with E-state index in [0.29, 0.717) is 12.8 Å². The number of esters is 2. The summed E-state index contributed by atoms with van der Waals surface area (Å²) < 4.78 is 10.7. The number of aliphatic hydroxyl groups is 1. The smallest absolute Gasteiger partial charge is 0.306 e.